The fraction of sp³-hybridized carbons (Fsp3) is 0.538. The zero-order chi connectivity index (χ0) is 21.9. The summed E-state index contributed by atoms with van der Waals surface area (Å²) < 4.78 is 11.8. The molecule has 172 valence electrons. The number of hydrogen-bond donors (Lipinski definition) is 2. The van der Waals surface area contributed by atoms with Gasteiger partial charge in [-0.05, 0) is 37.4 Å². The largest absolute Gasteiger partial charge is 2.00 e. The van der Waals surface area contributed by atoms with E-state index in [4.69, 9.17) is 9.47 Å². The van der Waals surface area contributed by atoms with Crippen LogP contribution >= 0.6 is 0 Å². The number of phenols is 2. The van der Waals surface area contributed by atoms with Crippen LogP contribution in [0.15, 0.2) is 48.5 Å². The second-order valence-corrected chi connectivity index (χ2v) is 9.17. The predicted molar refractivity (Wildman–Crippen MR) is 123 cm³/mol. The number of ether oxygens (including phenoxy) is 2. The van der Waals surface area contributed by atoms with Crippen LogP contribution < -0.4 is 0 Å². The Balaban J connectivity index is 0.000000152. The van der Waals surface area contributed by atoms with E-state index in [9.17, 15) is 10.2 Å². The zero-order valence-corrected chi connectivity index (χ0v) is 22.0. The van der Waals surface area contributed by atoms with Crippen LogP contribution in [0.5, 0.6) is 11.5 Å². The Labute approximate surface area is 208 Å². The molecule has 33 heavy (non-hydrogen) atoms. The van der Waals surface area contributed by atoms with Gasteiger partial charge in [0.05, 0.1) is 0 Å². The Morgan fingerprint density at radius 3 is 1.39 bits per heavy atom. The molecule has 2 aromatic rings. The van der Waals surface area contributed by atoms with Crippen molar-refractivity contribution in [3.63, 3.8) is 0 Å². The van der Waals surface area contributed by atoms with Gasteiger partial charge in [0.15, 0.2) is 0 Å². The summed E-state index contributed by atoms with van der Waals surface area (Å²) in [5.74, 6) is 0.574. The van der Waals surface area contributed by atoms with Gasteiger partial charge in [-0.25, -0.2) is 0 Å². The molecular weight excluding hydrogens is 470 g/mol. The minimum absolute atomic E-state index is 0. The van der Waals surface area contributed by atoms with Gasteiger partial charge in [-0.3, -0.25) is 0 Å². The first-order valence-electron chi connectivity index (χ1n) is 12.0. The molecule has 4 aliphatic rings. The number of hydrogen-bond acceptors (Lipinski definition) is 4. The second kappa shape index (κ2) is 11.3. The van der Waals surface area contributed by atoms with Crippen LogP contribution in [0.1, 0.15) is 74.9 Å². The molecule has 6 atom stereocenters. The fourth-order valence-corrected chi connectivity index (χ4v) is 5.26. The van der Waals surface area contributed by atoms with Gasteiger partial charge in [0.1, 0.15) is 11.5 Å². The van der Waals surface area contributed by atoms with E-state index in [1.807, 2.05) is 36.4 Å². The quantitative estimate of drug-likeness (QED) is 0.479. The van der Waals surface area contributed by atoms with E-state index in [2.05, 4.69) is 10.6 Å². The van der Waals surface area contributed by atoms with Crippen molar-refractivity contribution in [2.45, 2.75) is 88.1 Å². The van der Waals surface area contributed by atoms with Crippen LogP contribution in [0, 0.1) is 0 Å². The molecule has 6 rings (SSSR count). The summed E-state index contributed by atoms with van der Waals surface area (Å²) in [7, 11) is 0. The summed E-state index contributed by atoms with van der Waals surface area (Å²) in [6.07, 6.45) is 9.51. The number of fused-ring (bicyclic) bond motifs is 2. The molecule has 0 amide bonds. The molecule has 0 spiro atoms. The summed E-state index contributed by atoms with van der Waals surface area (Å²) in [4.78, 5) is 0. The molecule has 4 fully saturated rings. The SMILES string of the molecule is Oc1ccccc1C1[N-]C2CCCCC2O1.Oc1ccccc1C1[N-]C2CCCCC2O1.[Zn+2]. The number of aromatic hydroxyl groups is 2. The van der Waals surface area contributed by atoms with Crippen molar-refractivity contribution >= 4 is 0 Å². The van der Waals surface area contributed by atoms with Crippen molar-refractivity contribution in [3.05, 3.63) is 70.3 Å². The molecule has 2 aliphatic carbocycles. The molecule has 2 aromatic carbocycles. The van der Waals surface area contributed by atoms with Crippen molar-refractivity contribution in [2.75, 3.05) is 0 Å². The monoisotopic (exact) mass is 500 g/mol. The molecule has 0 aromatic heterocycles. The molecule has 0 radical (unpaired) electrons. The molecule has 6 unspecified atom stereocenters. The van der Waals surface area contributed by atoms with Gasteiger partial charge in [0, 0.05) is 23.3 Å². The van der Waals surface area contributed by atoms with Crippen LogP contribution in [0.2, 0.25) is 0 Å². The van der Waals surface area contributed by atoms with E-state index in [1.54, 1.807) is 12.1 Å². The average Bonchev–Trinajstić information content (AvgIpc) is 3.44. The third kappa shape index (κ3) is 5.60. The molecular formula is C26H32N2O4Zn. The van der Waals surface area contributed by atoms with E-state index >= 15 is 0 Å². The third-order valence-corrected chi connectivity index (χ3v) is 7.00. The third-order valence-electron chi connectivity index (χ3n) is 7.00. The average molecular weight is 502 g/mol. The Hall–Kier alpha value is -1.50. The van der Waals surface area contributed by atoms with Crippen LogP contribution in [0.4, 0.5) is 0 Å². The summed E-state index contributed by atoms with van der Waals surface area (Å²) in [5.41, 5.74) is 1.61. The summed E-state index contributed by atoms with van der Waals surface area (Å²) in [5, 5.41) is 28.8. The van der Waals surface area contributed by atoms with Crippen molar-refractivity contribution < 1.29 is 39.2 Å². The minimum Gasteiger partial charge on any atom is -0.628 e. The first-order chi connectivity index (χ1) is 15.7. The molecule has 7 heteroatoms. The molecule has 0 bridgehead atoms. The van der Waals surface area contributed by atoms with Crippen LogP contribution in [0.25, 0.3) is 10.6 Å². The minimum atomic E-state index is -0.255. The number of rotatable bonds is 2. The summed E-state index contributed by atoms with van der Waals surface area (Å²) >= 11 is 0. The predicted octanol–water partition coefficient (Wildman–Crippen LogP) is 6.21. The van der Waals surface area contributed by atoms with Crippen LogP contribution in [-0.4, -0.2) is 34.5 Å². The topological polar surface area (TPSA) is 87.1 Å². The normalized spacial score (nSPS) is 32.6. The fourth-order valence-electron chi connectivity index (χ4n) is 5.26. The second-order valence-electron chi connectivity index (χ2n) is 9.17. The van der Waals surface area contributed by atoms with E-state index in [0.717, 1.165) is 36.8 Å². The number of benzene rings is 2. The van der Waals surface area contributed by atoms with Gasteiger partial charge >= 0.3 is 19.5 Å². The Bertz CT molecular complexity index is 812. The smallest absolute Gasteiger partial charge is 0.628 e. The van der Waals surface area contributed by atoms with Gasteiger partial charge in [0.2, 0.25) is 0 Å². The molecule has 2 heterocycles. The maximum Gasteiger partial charge on any atom is 2.00 e. The van der Waals surface area contributed by atoms with Gasteiger partial charge < -0.3 is 30.3 Å². The van der Waals surface area contributed by atoms with Crippen molar-refractivity contribution in [1.82, 2.24) is 0 Å². The van der Waals surface area contributed by atoms with Gasteiger partial charge in [-0.1, -0.05) is 74.9 Å². The number of para-hydroxylation sites is 2. The molecule has 2 aliphatic heterocycles. The van der Waals surface area contributed by atoms with Gasteiger partial charge in [0.25, 0.3) is 0 Å². The number of nitrogens with zero attached hydrogens (tertiary/aromatic N) is 2. The summed E-state index contributed by atoms with van der Waals surface area (Å²) in [6.45, 7) is 0. The molecule has 2 saturated heterocycles. The first-order valence-corrected chi connectivity index (χ1v) is 12.0. The molecule has 2 N–H and O–H groups in total. The maximum atomic E-state index is 9.76. The Morgan fingerprint density at radius 1 is 0.606 bits per heavy atom. The molecule has 2 saturated carbocycles. The van der Waals surface area contributed by atoms with E-state index < -0.39 is 0 Å². The first kappa shape index (κ1) is 24.6. The van der Waals surface area contributed by atoms with Gasteiger partial charge in [-0.15, -0.1) is 12.1 Å². The van der Waals surface area contributed by atoms with E-state index in [1.165, 1.54) is 25.7 Å². The zero-order valence-electron chi connectivity index (χ0n) is 19.1. The van der Waals surface area contributed by atoms with E-state index in [-0.39, 0.29) is 55.6 Å². The van der Waals surface area contributed by atoms with Crippen molar-refractivity contribution in [1.29, 1.82) is 0 Å². The Morgan fingerprint density at radius 2 is 1.00 bits per heavy atom. The van der Waals surface area contributed by atoms with Crippen molar-refractivity contribution in [3.8, 4) is 11.5 Å². The Kier molecular flexibility index (Phi) is 8.42. The van der Waals surface area contributed by atoms with Crippen LogP contribution in [0.3, 0.4) is 0 Å². The summed E-state index contributed by atoms with van der Waals surface area (Å²) in [6, 6.07) is 15.3. The molecule has 6 nitrogen and oxygen atoms in total. The standard InChI is InChI=1S/2C13H16NO2.Zn/c2*15-11-7-3-1-5-9(11)13-14-10-6-2-4-8-12(10)16-13;/h2*1,3,5,7,10,12-13,15H,2,4,6,8H2;/q2*-1;+2. The van der Waals surface area contributed by atoms with Crippen LogP contribution in [-0.2, 0) is 29.0 Å². The van der Waals surface area contributed by atoms with E-state index in [0.29, 0.717) is 12.1 Å². The number of phenolic OH excluding ortho intramolecular Hbond substituents is 2. The maximum absolute atomic E-state index is 9.76. The van der Waals surface area contributed by atoms with Crippen molar-refractivity contribution in [2.24, 2.45) is 0 Å². The van der Waals surface area contributed by atoms with Gasteiger partial charge in [-0.2, -0.15) is 0 Å².